The van der Waals surface area contributed by atoms with Crippen LogP contribution in [0.2, 0.25) is 0 Å². The Morgan fingerprint density at radius 1 is 1.39 bits per heavy atom. The van der Waals surface area contributed by atoms with Gasteiger partial charge in [-0.2, -0.15) is 0 Å². The molecule has 1 amide bonds. The highest BCUT2D eigenvalue weighted by Crippen LogP contribution is 2.25. The van der Waals surface area contributed by atoms with Gasteiger partial charge in [0, 0.05) is 5.56 Å². The highest BCUT2D eigenvalue weighted by Gasteiger charge is 2.24. The summed E-state index contributed by atoms with van der Waals surface area (Å²) < 4.78 is 4.93. The van der Waals surface area contributed by atoms with Crippen LogP contribution in [-0.2, 0) is 0 Å². The van der Waals surface area contributed by atoms with Gasteiger partial charge in [0.25, 0.3) is 5.91 Å². The predicted molar refractivity (Wildman–Crippen MR) is 62.6 cm³/mol. The number of ether oxygens (including phenoxy) is 1. The summed E-state index contributed by atoms with van der Waals surface area (Å²) in [5.74, 6) is 2.42. The Kier molecular flexibility index (Phi) is 3.85. The minimum Gasteiger partial charge on any atom is -0.496 e. The van der Waals surface area contributed by atoms with E-state index in [0.29, 0.717) is 0 Å². The second kappa shape index (κ2) is 5.15. The molecule has 0 aliphatic heterocycles. The quantitative estimate of drug-likeness (QED) is 0.157. The Hall–Kier alpha value is -2.61. The van der Waals surface area contributed by atoms with Crippen LogP contribution in [-0.4, -0.2) is 29.9 Å². The predicted octanol–water partition coefficient (Wildman–Crippen LogP) is -0.719. The summed E-state index contributed by atoms with van der Waals surface area (Å²) in [6, 6.07) is 2.49. The van der Waals surface area contributed by atoms with E-state index in [1.165, 1.54) is 19.2 Å². The van der Waals surface area contributed by atoms with Gasteiger partial charge in [-0.1, -0.05) is 0 Å². The van der Waals surface area contributed by atoms with E-state index in [4.69, 9.17) is 26.8 Å². The van der Waals surface area contributed by atoms with Gasteiger partial charge in [0.15, 0.2) is 0 Å². The molecule has 0 saturated heterocycles. The first-order valence-corrected chi connectivity index (χ1v) is 4.73. The number of nitrogens with two attached hydrogens (primary N) is 2. The third kappa shape index (κ3) is 2.23. The number of carboxylic acids is 1. The Balaban J connectivity index is 3.70. The Morgan fingerprint density at radius 3 is 2.39 bits per heavy atom. The number of carbonyl (C=O) groups excluding carboxylic acids is 1. The first kappa shape index (κ1) is 13.5. The molecule has 8 nitrogen and oxygen atoms in total. The molecule has 0 unspecified atom stereocenters. The van der Waals surface area contributed by atoms with E-state index in [1.54, 1.807) is 0 Å². The summed E-state index contributed by atoms with van der Waals surface area (Å²) in [5.41, 5.74) is 6.47. The number of carbonyl (C=O) groups is 2. The number of hydrazine groups is 1. The van der Waals surface area contributed by atoms with Crippen molar-refractivity contribution in [2.45, 2.75) is 0 Å². The van der Waals surface area contributed by atoms with Gasteiger partial charge >= 0.3 is 5.97 Å². The molecule has 0 heterocycles. The lowest BCUT2D eigenvalue weighted by molar-refractivity contribution is 0.0696. The number of methoxy groups -OCH3 is 1. The summed E-state index contributed by atoms with van der Waals surface area (Å²) >= 11 is 0. The highest BCUT2D eigenvalue weighted by atomic mass is 16.5. The number of hydrogen-bond donors (Lipinski definition) is 5. The van der Waals surface area contributed by atoms with Crippen molar-refractivity contribution in [3.05, 3.63) is 28.8 Å². The minimum absolute atomic E-state index is 0.0770. The zero-order valence-corrected chi connectivity index (χ0v) is 9.48. The number of nitrogen functional groups attached to an aromatic ring is 2. The summed E-state index contributed by atoms with van der Waals surface area (Å²) in [7, 11) is 1.30. The lowest BCUT2D eigenvalue weighted by Gasteiger charge is -2.14. The Bertz CT molecular complexity index is 527. The standard InChI is InChI=1S/C10H12N4O4/c1-18-5-3-2-4(10(16)17)6(8(11)12)7(5)9(15)14-13/h2-3H,13H2,1H3,(H3,11,12)(H,14,15)(H,16,17). The lowest BCUT2D eigenvalue weighted by Crippen LogP contribution is -2.33. The second-order valence-electron chi connectivity index (χ2n) is 3.26. The number of aromatic carboxylic acids is 1. The summed E-state index contributed by atoms with van der Waals surface area (Å²) in [6.45, 7) is 0. The maximum Gasteiger partial charge on any atom is 0.336 e. The molecule has 0 spiro atoms. The number of hydrogen-bond acceptors (Lipinski definition) is 5. The number of amides is 1. The zero-order chi connectivity index (χ0) is 13.9. The molecule has 96 valence electrons. The number of nitrogens with one attached hydrogen (secondary N) is 2. The SMILES string of the molecule is COc1ccc(C(=O)O)c(C(=N)N)c1C(=O)NN. The van der Waals surface area contributed by atoms with Gasteiger partial charge in [0.1, 0.15) is 11.6 Å². The van der Waals surface area contributed by atoms with Gasteiger partial charge in [-0.25, -0.2) is 10.6 Å². The molecule has 0 bridgehead atoms. The van der Waals surface area contributed by atoms with Gasteiger partial charge in [-0.3, -0.25) is 15.6 Å². The summed E-state index contributed by atoms with van der Waals surface area (Å²) in [5, 5.41) is 16.4. The second-order valence-corrected chi connectivity index (χ2v) is 3.26. The largest absolute Gasteiger partial charge is 0.496 e. The molecular weight excluding hydrogens is 240 g/mol. The van der Waals surface area contributed by atoms with Crippen molar-refractivity contribution in [1.82, 2.24) is 5.43 Å². The Labute approximate surface area is 102 Å². The molecule has 0 fully saturated rings. The van der Waals surface area contributed by atoms with Crippen LogP contribution in [0.5, 0.6) is 5.75 Å². The molecule has 1 aromatic rings. The summed E-state index contributed by atoms with van der Waals surface area (Å²) in [6.07, 6.45) is 0. The van der Waals surface area contributed by atoms with E-state index in [-0.39, 0.29) is 22.4 Å². The lowest BCUT2D eigenvalue weighted by atomic mass is 9.98. The third-order valence-corrected chi connectivity index (χ3v) is 2.24. The highest BCUT2D eigenvalue weighted by molar-refractivity contribution is 6.14. The molecule has 1 rings (SSSR count). The fourth-order valence-electron chi connectivity index (χ4n) is 1.51. The van der Waals surface area contributed by atoms with Crippen molar-refractivity contribution < 1.29 is 19.4 Å². The molecule has 8 heteroatoms. The van der Waals surface area contributed by atoms with Gasteiger partial charge in [0.2, 0.25) is 0 Å². The topological polar surface area (TPSA) is 152 Å². The van der Waals surface area contributed by atoms with Gasteiger partial charge in [0.05, 0.1) is 18.2 Å². The van der Waals surface area contributed by atoms with Crippen molar-refractivity contribution in [3.63, 3.8) is 0 Å². The normalized spacial score (nSPS) is 9.67. The molecule has 1 aromatic carbocycles. The first-order valence-electron chi connectivity index (χ1n) is 4.73. The Morgan fingerprint density at radius 2 is 2.00 bits per heavy atom. The third-order valence-electron chi connectivity index (χ3n) is 2.24. The molecule has 0 aromatic heterocycles. The average Bonchev–Trinajstić information content (AvgIpc) is 2.35. The van der Waals surface area contributed by atoms with E-state index in [2.05, 4.69) is 0 Å². The van der Waals surface area contributed by atoms with Crippen LogP contribution in [0.4, 0.5) is 0 Å². The van der Waals surface area contributed by atoms with Crippen LogP contribution < -0.4 is 21.7 Å². The minimum atomic E-state index is -1.31. The average molecular weight is 252 g/mol. The van der Waals surface area contributed by atoms with E-state index in [1.807, 2.05) is 5.43 Å². The number of rotatable bonds is 4. The van der Waals surface area contributed by atoms with Gasteiger partial charge < -0.3 is 15.6 Å². The number of carboxylic acid groups (broad SMARTS) is 1. The van der Waals surface area contributed by atoms with Crippen molar-refractivity contribution >= 4 is 17.7 Å². The maximum atomic E-state index is 11.6. The van der Waals surface area contributed by atoms with E-state index in [9.17, 15) is 9.59 Å². The van der Waals surface area contributed by atoms with Crippen molar-refractivity contribution in [1.29, 1.82) is 5.41 Å². The number of amidine groups is 1. The van der Waals surface area contributed by atoms with Gasteiger partial charge in [-0.15, -0.1) is 0 Å². The zero-order valence-electron chi connectivity index (χ0n) is 9.48. The van der Waals surface area contributed by atoms with Crippen LogP contribution in [0, 0.1) is 5.41 Å². The van der Waals surface area contributed by atoms with Crippen LogP contribution in [0.3, 0.4) is 0 Å². The van der Waals surface area contributed by atoms with E-state index >= 15 is 0 Å². The molecule has 7 N–H and O–H groups in total. The number of benzene rings is 1. The fraction of sp³-hybridized carbons (Fsp3) is 0.100. The fourth-order valence-corrected chi connectivity index (χ4v) is 1.51. The smallest absolute Gasteiger partial charge is 0.336 e. The first-order chi connectivity index (χ1) is 8.43. The van der Waals surface area contributed by atoms with Crippen LogP contribution in [0.1, 0.15) is 26.3 Å². The molecule has 0 saturated carbocycles. The maximum absolute atomic E-state index is 11.6. The molecule has 0 aliphatic rings. The van der Waals surface area contributed by atoms with Gasteiger partial charge in [-0.05, 0) is 12.1 Å². The molecular formula is C10H12N4O4. The molecule has 0 aliphatic carbocycles. The molecule has 0 radical (unpaired) electrons. The van der Waals surface area contributed by atoms with E-state index < -0.39 is 17.7 Å². The monoisotopic (exact) mass is 252 g/mol. The van der Waals surface area contributed by atoms with E-state index in [0.717, 1.165) is 0 Å². The molecule has 18 heavy (non-hydrogen) atoms. The van der Waals surface area contributed by atoms with Crippen LogP contribution >= 0.6 is 0 Å². The van der Waals surface area contributed by atoms with Crippen LogP contribution in [0.15, 0.2) is 12.1 Å². The molecule has 0 atom stereocenters. The van der Waals surface area contributed by atoms with Crippen molar-refractivity contribution in [3.8, 4) is 5.75 Å². The van der Waals surface area contributed by atoms with Crippen molar-refractivity contribution in [2.75, 3.05) is 7.11 Å². The van der Waals surface area contributed by atoms with Crippen molar-refractivity contribution in [2.24, 2.45) is 11.6 Å². The van der Waals surface area contributed by atoms with Crippen LogP contribution in [0.25, 0.3) is 0 Å². The summed E-state index contributed by atoms with van der Waals surface area (Å²) in [4.78, 5) is 22.7.